The maximum atomic E-state index is 5.44. The molecular weight excluding hydrogens is 203 g/mol. The third kappa shape index (κ3) is 3.25. The first-order valence-corrected chi connectivity index (χ1v) is 3.29. The minimum atomic E-state index is -0.530. The highest BCUT2D eigenvalue weighted by molar-refractivity contribution is 14.1. The Morgan fingerprint density at radius 3 is 1.57 bits per heavy atom. The van der Waals surface area contributed by atoms with Crippen LogP contribution in [0.3, 0.4) is 0 Å². The Morgan fingerprint density at radius 2 is 1.57 bits per heavy atom. The van der Waals surface area contributed by atoms with Crippen LogP contribution in [0, 0.1) is 5.92 Å². The molecule has 0 aliphatic heterocycles. The average molecular weight is 214 g/mol. The van der Waals surface area contributed by atoms with Crippen molar-refractivity contribution in [2.75, 3.05) is 0 Å². The molecule has 0 radical (unpaired) electrons. The predicted octanol–water partition coefficient (Wildman–Crippen LogP) is 0.649. The number of nitrogens with two attached hydrogens (primary N) is 2. The molecule has 0 amide bonds. The van der Waals surface area contributed by atoms with Crippen molar-refractivity contribution in [2.24, 2.45) is 17.4 Å². The molecule has 0 saturated carbocycles. The lowest BCUT2D eigenvalue weighted by atomic mass is 10.2. The first-order chi connectivity index (χ1) is 2.94. The van der Waals surface area contributed by atoms with E-state index in [-0.39, 0.29) is 0 Å². The van der Waals surface area contributed by atoms with E-state index in [1.54, 1.807) is 0 Å². The Balaban J connectivity index is 3.54. The predicted molar refractivity (Wildman–Crippen MR) is 40.0 cm³/mol. The highest BCUT2D eigenvalue weighted by Crippen LogP contribution is 2.13. The maximum Gasteiger partial charge on any atom is 0.119 e. The van der Waals surface area contributed by atoms with E-state index in [2.05, 4.69) is 0 Å². The van der Waals surface area contributed by atoms with Gasteiger partial charge in [-0.15, -0.1) is 0 Å². The zero-order valence-electron chi connectivity index (χ0n) is 4.61. The largest absolute Gasteiger partial charge is 0.305 e. The Bertz CT molecular complexity index is 55.2. The standard InChI is InChI=1S/C4H11IN2/c1-3(2)4(5,6)7/h3H,6-7H2,1-2H3. The summed E-state index contributed by atoms with van der Waals surface area (Å²) in [5, 5.41) is 0. The Labute approximate surface area is 57.8 Å². The van der Waals surface area contributed by atoms with Crippen LogP contribution in [-0.2, 0) is 0 Å². The minimum Gasteiger partial charge on any atom is -0.305 e. The van der Waals surface area contributed by atoms with E-state index < -0.39 is 3.67 Å². The van der Waals surface area contributed by atoms with Crippen molar-refractivity contribution in [3.63, 3.8) is 0 Å². The summed E-state index contributed by atoms with van der Waals surface area (Å²) in [6.07, 6.45) is 0. The molecule has 0 heterocycles. The second-order valence-electron chi connectivity index (χ2n) is 1.98. The summed E-state index contributed by atoms with van der Waals surface area (Å²) in [7, 11) is 0. The summed E-state index contributed by atoms with van der Waals surface area (Å²) in [4.78, 5) is 0. The van der Waals surface area contributed by atoms with Crippen LogP contribution in [0.1, 0.15) is 13.8 Å². The van der Waals surface area contributed by atoms with Gasteiger partial charge in [-0.3, -0.25) is 0 Å². The number of hydrogen-bond donors (Lipinski definition) is 2. The Hall–Kier alpha value is 0.650. The molecule has 4 N–H and O–H groups in total. The first-order valence-electron chi connectivity index (χ1n) is 2.21. The van der Waals surface area contributed by atoms with Crippen LogP contribution in [0.5, 0.6) is 0 Å². The van der Waals surface area contributed by atoms with E-state index in [9.17, 15) is 0 Å². The van der Waals surface area contributed by atoms with Gasteiger partial charge in [0.2, 0.25) is 0 Å². The van der Waals surface area contributed by atoms with Gasteiger partial charge in [-0.1, -0.05) is 13.8 Å². The fourth-order valence-electron chi connectivity index (χ4n) is 0. The van der Waals surface area contributed by atoms with Crippen molar-refractivity contribution < 1.29 is 0 Å². The molecule has 2 nitrogen and oxygen atoms in total. The van der Waals surface area contributed by atoms with Crippen molar-refractivity contribution in [3.05, 3.63) is 0 Å². The van der Waals surface area contributed by atoms with Gasteiger partial charge < -0.3 is 11.5 Å². The lowest BCUT2D eigenvalue weighted by Crippen LogP contribution is -2.47. The van der Waals surface area contributed by atoms with Crippen LogP contribution < -0.4 is 11.5 Å². The fourth-order valence-corrected chi connectivity index (χ4v) is 0. The molecule has 0 rings (SSSR count). The van der Waals surface area contributed by atoms with E-state index in [0.29, 0.717) is 5.92 Å². The van der Waals surface area contributed by atoms with Crippen LogP contribution >= 0.6 is 22.6 Å². The van der Waals surface area contributed by atoms with Crippen molar-refractivity contribution in [3.8, 4) is 0 Å². The molecule has 0 unspecified atom stereocenters. The van der Waals surface area contributed by atoms with Gasteiger partial charge >= 0.3 is 0 Å². The molecule has 3 heteroatoms. The minimum absolute atomic E-state index is 0.341. The van der Waals surface area contributed by atoms with Crippen molar-refractivity contribution in [1.82, 2.24) is 0 Å². The van der Waals surface area contributed by atoms with Crippen LogP contribution in [-0.4, -0.2) is 3.67 Å². The van der Waals surface area contributed by atoms with Gasteiger partial charge in [-0.05, 0) is 28.5 Å². The summed E-state index contributed by atoms with van der Waals surface area (Å²) in [5.41, 5.74) is 10.9. The summed E-state index contributed by atoms with van der Waals surface area (Å²) in [5.74, 6) is 0.341. The van der Waals surface area contributed by atoms with E-state index >= 15 is 0 Å². The van der Waals surface area contributed by atoms with E-state index in [0.717, 1.165) is 0 Å². The monoisotopic (exact) mass is 214 g/mol. The number of halogens is 1. The molecule has 0 atom stereocenters. The van der Waals surface area contributed by atoms with Gasteiger partial charge in [-0.25, -0.2) is 0 Å². The summed E-state index contributed by atoms with van der Waals surface area (Å²) >= 11 is 2.02. The van der Waals surface area contributed by atoms with Gasteiger partial charge in [0, 0.05) is 0 Å². The van der Waals surface area contributed by atoms with Crippen LogP contribution in [0.25, 0.3) is 0 Å². The number of alkyl halides is 1. The molecule has 0 aliphatic carbocycles. The van der Waals surface area contributed by atoms with Gasteiger partial charge in [0.1, 0.15) is 3.67 Å². The number of rotatable bonds is 1. The normalized spacial score (nSPS) is 12.9. The van der Waals surface area contributed by atoms with Crippen LogP contribution in [0.15, 0.2) is 0 Å². The second-order valence-corrected chi connectivity index (χ2v) is 3.85. The maximum absolute atomic E-state index is 5.44. The molecule has 0 saturated heterocycles. The fraction of sp³-hybridized carbons (Fsp3) is 1.00. The van der Waals surface area contributed by atoms with Gasteiger partial charge in [0.15, 0.2) is 0 Å². The molecule has 0 aromatic heterocycles. The molecule has 0 fully saturated rings. The molecular formula is C4H11IN2. The van der Waals surface area contributed by atoms with Gasteiger partial charge in [0.05, 0.1) is 0 Å². The summed E-state index contributed by atoms with van der Waals surface area (Å²) in [6.45, 7) is 3.98. The lowest BCUT2D eigenvalue weighted by molar-refractivity contribution is 0.487. The van der Waals surface area contributed by atoms with E-state index in [1.165, 1.54) is 0 Å². The Kier molecular flexibility index (Phi) is 2.49. The third-order valence-corrected chi connectivity index (χ3v) is 2.13. The summed E-state index contributed by atoms with van der Waals surface area (Å²) < 4.78 is -0.530. The molecule has 44 valence electrons. The average Bonchev–Trinajstić information content (AvgIpc) is 1.31. The quantitative estimate of drug-likeness (QED) is 0.291. The molecule has 0 aromatic rings. The Morgan fingerprint density at radius 1 is 1.43 bits per heavy atom. The molecule has 0 aliphatic rings. The summed E-state index contributed by atoms with van der Waals surface area (Å²) in [6, 6.07) is 0. The van der Waals surface area contributed by atoms with E-state index in [1.807, 2.05) is 36.4 Å². The molecule has 0 spiro atoms. The van der Waals surface area contributed by atoms with Crippen molar-refractivity contribution in [1.29, 1.82) is 0 Å². The first kappa shape index (κ1) is 7.65. The third-order valence-electron chi connectivity index (χ3n) is 0.885. The van der Waals surface area contributed by atoms with Crippen LogP contribution in [0.2, 0.25) is 0 Å². The smallest absolute Gasteiger partial charge is 0.119 e. The highest BCUT2D eigenvalue weighted by Gasteiger charge is 2.17. The second kappa shape index (κ2) is 2.28. The van der Waals surface area contributed by atoms with Crippen molar-refractivity contribution >= 4 is 22.6 Å². The number of hydrogen-bond acceptors (Lipinski definition) is 2. The van der Waals surface area contributed by atoms with Gasteiger partial charge in [-0.2, -0.15) is 0 Å². The zero-order valence-corrected chi connectivity index (χ0v) is 6.77. The van der Waals surface area contributed by atoms with Crippen LogP contribution in [0.4, 0.5) is 0 Å². The molecule has 0 aromatic carbocycles. The SMILES string of the molecule is CC(C)C(N)(N)I. The topological polar surface area (TPSA) is 52.0 Å². The van der Waals surface area contributed by atoms with Gasteiger partial charge in [0.25, 0.3) is 0 Å². The molecule has 0 bridgehead atoms. The van der Waals surface area contributed by atoms with Crippen molar-refractivity contribution in [2.45, 2.75) is 17.5 Å². The molecule has 7 heavy (non-hydrogen) atoms. The lowest BCUT2D eigenvalue weighted by Gasteiger charge is -2.20. The highest BCUT2D eigenvalue weighted by atomic mass is 127. The zero-order chi connectivity index (χ0) is 6.08. The van der Waals surface area contributed by atoms with E-state index in [4.69, 9.17) is 11.5 Å².